The zero-order valence-corrected chi connectivity index (χ0v) is 14.3. The first-order valence-corrected chi connectivity index (χ1v) is 9.01. The van der Waals surface area contributed by atoms with Crippen molar-refractivity contribution < 1.29 is 13.2 Å². The first-order valence-electron chi connectivity index (χ1n) is 7.46. The van der Waals surface area contributed by atoms with Crippen molar-refractivity contribution in [3.8, 4) is 6.07 Å². The number of para-hydroxylation sites is 1. The molecule has 5 nitrogen and oxygen atoms in total. The van der Waals surface area contributed by atoms with E-state index in [4.69, 9.17) is 5.26 Å². The van der Waals surface area contributed by atoms with Crippen molar-refractivity contribution >= 4 is 21.4 Å². The molecule has 24 heavy (non-hydrogen) atoms. The molecule has 2 aromatic carbocycles. The number of carbonyl (C=O) groups excluding carboxylic acids is 1. The van der Waals surface area contributed by atoms with Crippen LogP contribution in [-0.4, -0.2) is 19.6 Å². The summed E-state index contributed by atoms with van der Waals surface area (Å²) >= 11 is 0. The van der Waals surface area contributed by atoms with Gasteiger partial charge in [0.05, 0.1) is 27.8 Å². The number of rotatable bonds is 5. The number of sulfone groups is 1. The van der Waals surface area contributed by atoms with Gasteiger partial charge in [0.15, 0.2) is 9.84 Å². The maximum absolute atomic E-state index is 12.1. The molecule has 6 heteroatoms. The Morgan fingerprint density at radius 3 is 2.33 bits per heavy atom. The van der Waals surface area contributed by atoms with Gasteiger partial charge in [-0.2, -0.15) is 5.26 Å². The normalized spacial score (nSPS) is 11.1. The number of anilines is 1. The van der Waals surface area contributed by atoms with E-state index in [0.29, 0.717) is 16.8 Å². The summed E-state index contributed by atoms with van der Waals surface area (Å²) in [5.74, 6) is -0.267. The van der Waals surface area contributed by atoms with Crippen LogP contribution >= 0.6 is 0 Å². The van der Waals surface area contributed by atoms with Crippen LogP contribution in [0, 0.1) is 11.3 Å². The maximum Gasteiger partial charge on any atom is 0.228 e. The highest BCUT2D eigenvalue weighted by Crippen LogP contribution is 2.18. The molecule has 1 N–H and O–H groups in total. The Balaban J connectivity index is 2.09. The minimum absolute atomic E-state index is 0.0990. The van der Waals surface area contributed by atoms with Crippen molar-refractivity contribution in [1.29, 1.82) is 5.26 Å². The van der Waals surface area contributed by atoms with Crippen LogP contribution in [0.2, 0.25) is 0 Å². The number of carbonyl (C=O) groups is 1. The summed E-state index contributed by atoms with van der Waals surface area (Å²) in [4.78, 5) is 12.3. The van der Waals surface area contributed by atoms with Gasteiger partial charge >= 0.3 is 0 Å². The van der Waals surface area contributed by atoms with Crippen LogP contribution in [-0.2, 0) is 21.1 Å². The molecule has 0 bridgehead atoms. The molecular formula is C18H18N2O3S. The Labute approximate surface area is 141 Å². The van der Waals surface area contributed by atoms with Crippen LogP contribution in [0.25, 0.3) is 0 Å². The van der Waals surface area contributed by atoms with Gasteiger partial charge in [0.25, 0.3) is 0 Å². The van der Waals surface area contributed by atoms with Gasteiger partial charge in [-0.25, -0.2) is 8.42 Å². The van der Waals surface area contributed by atoms with E-state index in [1.165, 1.54) is 12.1 Å². The van der Waals surface area contributed by atoms with Gasteiger partial charge in [0, 0.05) is 0 Å². The van der Waals surface area contributed by atoms with E-state index in [2.05, 4.69) is 5.32 Å². The number of nitrogens with zero attached hydrogens (tertiary/aromatic N) is 1. The topological polar surface area (TPSA) is 87.0 Å². The molecule has 0 aliphatic heterocycles. The predicted octanol–water partition coefficient (Wildman–Crippen LogP) is 2.92. The molecule has 0 saturated heterocycles. The fourth-order valence-corrected chi connectivity index (χ4v) is 3.20. The van der Waals surface area contributed by atoms with E-state index in [9.17, 15) is 13.2 Å². The SMILES string of the molecule is CC(C)S(=O)(=O)c1ccc(CC(=O)Nc2ccccc2C#N)cc1. The maximum atomic E-state index is 12.1. The van der Waals surface area contributed by atoms with E-state index in [-0.39, 0.29) is 17.2 Å². The number of hydrogen-bond acceptors (Lipinski definition) is 4. The molecule has 0 radical (unpaired) electrons. The van der Waals surface area contributed by atoms with Crippen molar-refractivity contribution in [3.63, 3.8) is 0 Å². The highest BCUT2D eigenvalue weighted by atomic mass is 32.2. The van der Waals surface area contributed by atoms with Gasteiger partial charge in [-0.05, 0) is 43.7 Å². The van der Waals surface area contributed by atoms with E-state index in [0.717, 1.165) is 0 Å². The van der Waals surface area contributed by atoms with Crippen LogP contribution < -0.4 is 5.32 Å². The van der Waals surface area contributed by atoms with Crippen molar-refractivity contribution in [3.05, 3.63) is 59.7 Å². The predicted molar refractivity (Wildman–Crippen MR) is 92.3 cm³/mol. The van der Waals surface area contributed by atoms with E-state index >= 15 is 0 Å². The molecule has 0 aliphatic carbocycles. The highest BCUT2D eigenvalue weighted by molar-refractivity contribution is 7.92. The summed E-state index contributed by atoms with van der Waals surface area (Å²) in [6.07, 6.45) is 0.0990. The fourth-order valence-electron chi connectivity index (χ4n) is 2.14. The fraction of sp³-hybridized carbons (Fsp3) is 0.222. The van der Waals surface area contributed by atoms with Gasteiger partial charge in [-0.3, -0.25) is 4.79 Å². The van der Waals surface area contributed by atoms with E-state index < -0.39 is 15.1 Å². The van der Waals surface area contributed by atoms with Crippen molar-refractivity contribution in [2.75, 3.05) is 5.32 Å². The molecule has 0 saturated carbocycles. The monoisotopic (exact) mass is 342 g/mol. The van der Waals surface area contributed by atoms with Crippen LogP contribution in [0.5, 0.6) is 0 Å². The third-order valence-corrected chi connectivity index (χ3v) is 5.73. The highest BCUT2D eigenvalue weighted by Gasteiger charge is 2.18. The number of nitriles is 1. The Bertz CT molecular complexity index is 879. The van der Waals surface area contributed by atoms with Crippen molar-refractivity contribution in [2.24, 2.45) is 0 Å². The zero-order chi connectivity index (χ0) is 17.7. The summed E-state index contributed by atoms with van der Waals surface area (Å²) in [5.41, 5.74) is 1.55. The summed E-state index contributed by atoms with van der Waals surface area (Å²) in [6.45, 7) is 3.26. The summed E-state index contributed by atoms with van der Waals surface area (Å²) in [6, 6.07) is 15.1. The minimum Gasteiger partial charge on any atom is -0.325 e. The molecule has 0 atom stereocenters. The molecule has 0 heterocycles. The third-order valence-electron chi connectivity index (χ3n) is 3.56. The lowest BCUT2D eigenvalue weighted by atomic mass is 10.1. The number of hydrogen-bond donors (Lipinski definition) is 1. The molecule has 0 fully saturated rings. The first kappa shape index (κ1) is 17.7. The summed E-state index contributed by atoms with van der Waals surface area (Å²) < 4.78 is 24.1. The number of benzene rings is 2. The standard InChI is InChI=1S/C18H18N2O3S/c1-13(2)24(22,23)16-9-7-14(8-10-16)11-18(21)20-17-6-4-3-5-15(17)12-19/h3-10,13H,11H2,1-2H3,(H,20,21). The summed E-state index contributed by atoms with van der Waals surface area (Å²) in [7, 11) is -3.32. The first-order chi connectivity index (χ1) is 11.3. The second-order valence-electron chi connectivity index (χ2n) is 5.62. The second-order valence-corrected chi connectivity index (χ2v) is 8.12. The average Bonchev–Trinajstić information content (AvgIpc) is 2.55. The molecule has 0 aromatic heterocycles. The lowest BCUT2D eigenvalue weighted by Gasteiger charge is -2.09. The largest absolute Gasteiger partial charge is 0.325 e. The molecule has 2 aromatic rings. The quantitative estimate of drug-likeness (QED) is 0.905. The van der Waals surface area contributed by atoms with Gasteiger partial charge < -0.3 is 5.32 Å². The Kier molecular flexibility index (Phi) is 5.37. The number of amides is 1. The molecule has 0 spiro atoms. The molecule has 1 amide bonds. The molecular weight excluding hydrogens is 324 g/mol. The molecule has 0 aliphatic rings. The van der Waals surface area contributed by atoms with E-state index in [1.807, 2.05) is 6.07 Å². The van der Waals surface area contributed by atoms with Crippen molar-refractivity contribution in [1.82, 2.24) is 0 Å². The average molecular weight is 342 g/mol. The lowest BCUT2D eigenvalue weighted by Crippen LogP contribution is -2.16. The Hall–Kier alpha value is -2.65. The minimum atomic E-state index is -3.32. The second kappa shape index (κ2) is 7.28. The Morgan fingerprint density at radius 2 is 1.75 bits per heavy atom. The van der Waals surface area contributed by atoms with Crippen LogP contribution in [0.4, 0.5) is 5.69 Å². The van der Waals surface area contributed by atoms with Gasteiger partial charge in [0.2, 0.25) is 5.91 Å². The molecule has 0 unspecified atom stereocenters. The van der Waals surface area contributed by atoms with E-state index in [1.54, 1.807) is 50.2 Å². The van der Waals surface area contributed by atoms with Gasteiger partial charge in [-0.15, -0.1) is 0 Å². The lowest BCUT2D eigenvalue weighted by molar-refractivity contribution is -0.115. The van der Waals surface area contributed by atoms with Gasteiger partial charge in [0.1, 0.15) is 6.07 Å². The Morgan fingerprint density at radius 1 is 1.12 bits per heavy atom. The van der Waals surface area contributed by atoms with Crippen LogP contribution in [0.15, 0.2) is 53.4 Å². The van der Waals surface area contributed by atoms with Crippen LogP contribution in [0.1, 0.15) is 25.0 Å². The van der Waals surface area contributed by atoms with Crippen LogP contribution in [0.3, 0.4) is 0 Å². The number of nitrogens with one attached hydrogen (secondary N) is 1. The molecule has 124 valence electrons. The smallest absolute Gasteiger partial charge is 0.228 e. The third kappa shape index (κ3) is 4.00. The summed E-state index contributed by atoms with van der Waals surface area (Å²) in [5, 5.41) is 11.2. The van der Waals surface area contributed by atoms with Gasteiger partial charge in [-0.1, -0.05) is 24.3 Å². The molecule has 2 rings (SSSR count). The van der Waals surface area contributed by atoms with Crippen molar-refractivity contribution in [2.45, 2.75) is 30.4 Å². The zero-order valence-electron chi connectivity index (χ0n) is 13.5.